The molecule has 1 aromatic rings. The lowest BCUT2D eigenvalue weighted by Crippen LogP contribution is -2.04. The van der Waals surface area contributed by atoms with Crippen LogP contribution in [0.5, 0.6) is 5.75 Å². The summed E-state index contributed by atoms with van der Waals surface area (Å²) in [7, 11) is -5.01. The smallest absolute Gasteiger partial charge is 0.358 e. The lowest BCUT2D eigenvalue weighted by atomic mass is 10.1. The fourth-order valence-electron chi connectivity index (χ4n) is 1.10. The minimum absolute atomic E-state index is 0.131. The second-order valence-corrected chi connectivity index (χ2v) is 4.34. The fourth-order valence-corrected chi connectivity index (χ4v) is 1.70. The molecule has 4 nitrogen and oxygen atoms in total. The Morgan fingerprint density at radius 3 is 2.60 bits per heavy atom. The van der Waals surface area contributed by atoms with Gasteiger partial charge in [-0.3, -0.25) is 0 Å². The Kier molecular flexibility index (Phi) is 3.58. The monoisotopic (exact) mass is 251 g/mol. The summed E-state index contributed by atoms with van der Waals surface area (Å²) >= 11 is 4.09. The number of thiol groups is 1. The molecule has 0 amide bonds. The highest BCUT2D eigenvalue weighted by Crippen LogP contribution is 2.25. The van der Waals surface area contributed by atoms with Crippen molar-refractivity contribution in [1.82, 2.24) is 0 Å². The van der Waals surface area contributed by atoms with Gasteiger partial charge < -0.3 is 9.92 Å². The van der Waals surface area contributed by atoms with Crippen LogP contribution in [0.3, 0.4) is 0 Å². The van der Waals surface area contributed by atoms with E-state index in [0.717, 1.165) is 5.56 Å². The molecule has 84 valence electrons. The normalized spacial score (nSPS) is 11.5. The van der Waals surface area contributed by atoms with Crippen molar-refractivity contribution in [3.05, 3.63) is 23.3 Å². The molecule has 0 bridgehead atoms. The fraction of sp³-hybridized carbons (Fsp3) is 0.250. The van der Waals surface area contributed by atoms with Crippen molar-refractivity contribution >= 4 is 23.1 Å². The minimum atomic E-state index is -5.01. The summed E-state index contributed by atoms with van der Waals surface area (Å²) in [5.41, 5.74) is 6.88. The summed E-state index contributed by atoms with van der Waals surface area (Å²) in [5.74, 6) is -0.131. The van der Waals surface area contributed by atoms with Crippen molar-refractivity contribution in [3.8, 4) is 5.75 Å². The maximum Gasteiger partial charge on any atom is 0.488 e. The first-order valence-corrected chi connectivity index (χ1v) is 5.75. The Morgan fingerprint density at radius 2 is 2.13 bits per heavy atom. The zero-order valence-corrected chi connectivity index (χ0v) is 9.61. The van der Waals surface area contributed by atoms with Crippen LogP contribution >= 0.6 is 12.6 Å². The van der Waals surface area contributed by atoms with Crippen LogP contribution < -0.4 is 9.92 Å². The topological polar surface area (TPSA) is 69.4 Å². The van der Waals surface area contributed by atoms with Gasteiger partial charge in [0.25, 0.3) is 0 Å². The molecule has 0 aliphatic carbocycles. The SMILES string of the molecule is Cc1c(S)cc(OS(=O)(=O)F)cc1CN. The third-order valence-electron chi connectivity index (χ3n) is 1.88. The summed E-state index contributed by atoms with van der Waals surface area (Å²) in [6.07, 6.45) is 0. The van der Waals surface area contributed by atoms with Crippen molar-refractivity contribution in [3.63, 3.8) is 0 Å². The molecule has 0 radical (unpaired) electrons. The van der Waals surface area contributed by atoms with Crippen LogP contribution in [-0.2, 0) is 17.0 Å². The highest BCUT2D eigenvalue weighted by Gasteiger charge is 2.12. The van der Waals surface area contributed by atoms with Crippen molar-refractivity contribution in [2.24, 2.45) is 5.73 Å². The molecule has 0 saturated carbocycles. The van der Waals surface area contributed by atoms with E-state index in [1.165, 1.54) is 12.1 Å². The Labute approximate surface area is 93.1 Å². The molecule has 0 fully saturated rings. The molecular formula is C8H10FNO3S2. The van der Waals surface area contributed by atoms with Gasteiger partial charge in [-0.25, -0.2) is 0 Å². The number of hydrogen-bond donors (Lipinski definition) is 2. The van der Waals surface area contributed by atoms with Crippen molar-refractivity contribution in [2.45, 2.75) is 18.4 Å². The van der Waals surface area contributed by atoms with Gasteiger partial charge in [0.2, 0.25) is 0 Å². The van der Waals surface area contributed by atoms with E-state index in [1.54, 1.807) is 6.92 Å². The van der Waals surface area contributed by atoms with Crippen LogP contribution in [0.2, 0.25) is 0 Å². The number of hydrogen-bond acceptors (Lipinski definition) is 5. The largest absolute Gasteiger partial charge is 0.488 e. The van der Waals surface area contributed by atoms with Crippen molar-refractivity contribution in [2.75, 3.05) is 0 Å². The van der Waals surface area contributed by atoms with Crippen molar-refractivity contribution in [1.29, 1.82) is 0 Å². The number of rotatable bonds is 3. The van der Waals surface area contributed by atoms with E-state index in [4.69, 9.17) is 5.73 Å². The summed E-state index contributed by atoms with van der Waals surface area (Å²) in [6, 6.07) is 2.68. The quantitative estimate of drug-likeness (QED) is 0.628. The first-order valence-electron chi connectivity index (χ1n) is 4.00. The van der Waals surface area contributed by atoms with Crippen LogP contribution in [0.15, 0.2) is 17.0 Å². The number of nitrogens with two attached hydrogens (primary N) is 1. The molecule has 2 N–H and O–H groups in total. The highest BCUT2D eigenvalue weighted by atomic mass is 32.3. The van der Waals surface area contributed by atoms with E-state index in [-0.39, 0.29) is 12.3 Å². The van der Waals surface area contributed by atoms with E-state index in [0.29, 0.717) is 10.5 Å². The average Bonchev–Trinajstić information content (AvgIpc) is 2.08. The van der Waals surface area contributed by atoms with Gasteiger partial charge in [0.05, 0.1) is 0 Å². The van der Waals surface area contributed by atoms with Gasteiger partial charge >= 0.3 is 10.5 Å². The predicted molar refractivity (Wildman–Crippen MR) is 57.0 cm³/mol. The van der Waals surface area contributed by atoms with E-state index in [9.17, 15) is 12.3 Å². The molecule has 7 heteroatoms. The first-order chi connectivity index (χ1) is 6.83. The summed E-state index contributed by atoms with van der Waals surface area (Å²) in [5, 5.41) is 0. The molecule has 0 aliphatic heterocycles. The molecule has 1 aromatic carbocycles. The molecule has 0 aliphatic rings. The maximum absolute atomic E-state index is 12.2. The van der Waals surface area contributed by atoms with Gasteiger partial charge in [0.1, 0.15) is 5.75 Å². The molecule has 0 aromatic heterocycles. The van der Waals surface area contributed by atoms with Crippen LogP contribution in [0, 0.1) is 6.92 Å². The first kappa shape index (κ1) is 12.3. The van der Waals surface area contributed by atoms with E-state index >= 15 is 0 Å². The predicted octanol–water partition coefficient (Wildman–Crippen LogP) is 1.34. The summed E-state index contributed by atoms with van der Waals surface area (Å²) in [4.78, 5) is 0.497. The zero-order chi connectivity index (χ0) is 11.6. The third-order valence-corrected chi connectivity index (χ3v) is 2.73. The third kappa shape index (κ3) is 3.37. The highest BCUT2D eigenvalue weighted by molar-refractivity contribution is 7.81. The lowest BCUT2D eigenvalue weighted by Gasteiger charge is -2.08. The molecule has 15 heavy (non-hydrogen) atoms. The Balaban J connectivity index is 3.17. The average molecular weight is 251 g/mol. The van der Waals surface area contributed by atoms with Crippen LogP contribution in [-0.4, -0.2) is 8.42 Å². The molecule has 1 rings (SSSR count). The molecular weight excluding hydrogens is 241 g/mol. The second-order valence-electron chi connectivity index (χ2n) is 2.91. The van der Waals surface area contributed by atoms with Crippen LogP contribution in [0.25, 0.3) is 0 Å². The van der Waals surface area contributed by atoms with Gasteiger partial charge in [-0.05, 0) is 30.2 Å². The van der Waals surface area contributed by atoms with Crippen LogP contribution in [0.4, 0.5) is 3.89 Å². The molecule has 0 spiro atoms. The lowest BCUT2D eigenvalue weighted by molar-refractivity contribution is 0.439. The van der Waals surface area contributed by atoms with E-state index < -0.39 is 10.5 Å². The minimum Gasteiger partial charge on any atom is -0.358 e. The molecule has 0 saturated heterocycles. The second kappa shape index (κ2) is 4.38. The van der Waals surface area contributed by atoms with E-state index in [1.807, 2.05) is 0 Å². The standard InChI is InChI=1S/C8H10FNO3S2/c1-5-6(4-10)2-7(3-8(5)14)13-15(9,11)12/h2-3,14H,4,10H2,1H3. The molecule has 0 heterocycles. The maximum atomic E-state index is 12.2. The van der Waals surface area contributed by atoms with E-state index in [2.05, 4.69) is 16.8 Å². The van der Waals surface area contributed by atoms with Crippen molar-refractivity contribution < 1.29 is 16.5 Å². The Morgan fingerprint density at radius 1 is 1.53 bits per heavy atom. The molecule has 0 atom stereocenters. The zero-order valence-electron chi connectivity index (χ0n) is 7.90. The number of benzene rings is 1. The van der Waals surface area contributed by atoms with Crippen LogP contribution in [0.1, 0.15) is 11.1 Å². The molecule has 0 unspecified atom stereocenters. The van der Waals surface area contributed by atoms with Gasteiger partial charge in [0.15, 0.2) is 0 Å². The van der Waals surface area contributed by atoms with Gasteiger partial charge in [0, 0.05) is 11.4 Å². The summed E-state index contributed by atoms with van der Waals surface area (Å²) < 4.78 is 36.8. The number of halogens is 1. The summed E-state index contributed by atoms with van der Waals surface area (Å²) in [6.45, 7) is 1.97. The van der Waals surface area contributed by atoms with Gasteiger partial charge in [-0.2, -0.15) is 8.42 Å². The Hall–Kier alpha value is -0.790. The Bertz CT molecular complexity index is 473. The van der Waals surface area contributed by atoms with Gasteiger partial charge in [-0.15, -0.1) is 12.6 Å². The van der Waals surface area contributed by atoms with Gasteiger partial charge in [-0.1, -0.05) is 3.89 Å².